The number of nitrogens with two attached hydrogens (primary N) is 4. The lowest BCUT2D eigenvalue weighted by atomic mass is 10.0. The van der Waals surface area contributed by atoms with Gasteiger partial charge in [-0.2, -0.15) is 0 Å². The van der Waals surface area contributed by atoms with Gasteiger partial charge in [0.25, 0.3) is 0 Å². The van der Waals surface area contributed by atoms with Crippen LogP contribution in [0.25, 0.3) is 0 Å². The summed E-state index contributed by atoms with van der Waals surface area (Å²) >= 11 is 0. The fourth-order valence-electron chi connectivity index (χ4n) is 2.79. The smallest absolute Gasteiger partial charge is 0.326 e. The first-order valence-corrected chi connectivity index (χ1v) is 10.4. The second-order valence-electron chi connectivity index (χ2n) is 8.10. The Bertz CT molecular complexity index is 802. The lowest BCUT2D eigenvalue weighted by molar-refractivity contribution is -0.143. The zero-order valence-corrected chi connectivity index (χ0v) is 19.0. The molecule has 0 aliphatic heterocycles. The highest BCUT2D eigenvalue weighted by Crippen LogP contribution is 2.08. The van der Waals surface area contributed by atoms with Gasteiger partial charge >= 0.3 is 5.97 Å². The quantitative estimate of drug-likeness (QED) is 0.105. The minimum absolute atomic E-state index is 0.0676. The molecule has 0 aromatic carbocycles. The highest BCUT2D eigenvalue weighted by molar-refractivity contribution is 5.96. The minimum atomic E-state index is -1.53. The Labute approximate surface area is 195 Å². The molecule has 0 rings (SSSR count). The molecule has 0 bridgehead atoms. The number of amides is 6. The molecule has 4 atom stereocenters. The fraction of sp³-hybridized carbons (Fsp3) is 0.632. The van der Waals surface area contributed by atoms with E-state index in [9.17, 15) is 38.7 Å². The zero-order chi connectivity index (χ0) is 26.6. The van der Waals surface area contributed by atoms with Gasteiger partial charge in [-0.05, 0) is 18.8 Å². The van der Waals surface area contributed by atoms with Crippen LogP contribution in [-0.2, 0) is 33.6 Å². The molecule has 0 unspecified atom stereocenters. The molecule has 0 aromatic heterocycles. The molecule has 12 N–H and O–H groups in total. The standard InChI is InChI=1S/C19H33N7O8/c1-8(2)5-11(17(31)24-10(19(33)34)3-4-13(21)27)26-18(32)12(7-15(23)29)25-16(30)9(20)6-14(22)28/h8-12H,3-7,20H2,1-2H3,(H2,21,27)(H2,22,28)(H2,23,29)(H,24,31)(H,25,30)(H,26,32)(H,33,34)/t9-,10-,11-,12-/m0/s1. The van der Waals surface area contributed by atoms with Gasteiger partial charge in [0.2, 0.25) is 35.4 Å². The summed E-state index contributed by atoms with van der Waals surface area (Å²) < 4.78 is 0. The Morgan fingerprint density at radius 2 is 1.18 bits per heavy atom. The Morgan fingerprint density at radius 1 is 0.706 bits per heavy atom. The van der Waals surface area contributed by atoms with E-state index in [0.29, 0.717) is 0 Å². The number of aliphatic carboxylic acids is 1. The molecule has 0 aliphatic carbocycles. The van der Waals surface area contributed by atoms with E-state index in [1.807, 2.05) is 0 Å². The zero-order valence-electron chi connectivity index (χ0n) is 19.0. The average Bonchev–Trinajstić information content (AvgIpc) is 2.68. The van der Waals surface area contributed by atoms with Crippen LogP contribution >= 0.6 is 0 Å². The number of rotatable bonds is 16. The van der Waals surface area contributed by atoms with E-state index in [0.717, 1.165) is 0 Å². The molecule has 0 aromatic rings. The topological polar surface area (TPSA) is 280 Å². The molecule has 0 saturated carbocycles. The van der Waals surface area contributed by atoms with Crippen molar-refractivity contribution in [1.82, 2.24) is 16.0 Å². The van der Waals surface area contributed by atoms with Crippen molar-refractivity contribution in [3.05, 3.63) is 0 Å². The molecule has 192 valence electrons. The number of carbonyl (C=O) groups is 7. The lowest BCUT2D eigenvalue weighted by Crippen LogP contribution is -2.58. The molecule has 15 heteroatoms. The first-order chi connectivity index (χ1) is 15.6. The molecular formula is C19H33N7O8. The van der Waals surface area contributed by atoms with Crippen LogP contribution in [-0.4, -0.2) is 70.7 Å². The van der Waals surface area contributed by atoms with Crippen LogP contribution in [0, 0.1) is 5.92 Å². The molecule has 0 aliphatic rings. The predicted octanol–water partition coefficient (Wildman–Crippen LogP) is -4.08. The molecule has 0 spiro atoms. The van der Waals surface area contributed by atoms with Gasteiger partial charge in [-0.3, -0.25) is 28.8 Å². The van der Waals surface area contributed by atoms with Crippen molar-refractivity contribution in [2.24, 2.45) is 28.9 Å². The maximum atomic E-state index is 12.8. The van der Waals surface area contributed by atoms with Crippen LogP contribution in [0.5, 0.6) is 0 Å². The number of carboxylic acid groups (broad SMARTS) is 1. The Kier molecular flexibility index (Phi) is 12.8. The van der Waals surface area contributed by atoms with Crippen LogP contribution < -0.4 is 38.9 Å². The van der Waals surface area contributed by atoms with E-state index in [1.54, 1.807) is 13.8 Å². The summed E-state index contributed by atoms with van der Waals surface area (Å²) in [5, 5.41) is 16.1. The summed E-state index contributed by atoms with van der Waals surface area (Å²) in [5.74, 6) is -6.92. The highest BCUT2D eigenvalue weighted by atomic mass is 16.4. The summed E-state index contributed by atoms with van der Waals surface area (Å²) in [4.78, 5) is 82.3. The van der Waals surface area contributed by atoms with E-state index in [4.69, 9.17) is 22.9 Å². The Balaban J connectivity index is 5.54. The summed E-state index contributed by atoms with van der Waals surface area (Å²) in [6, 6.07) is -5.62. The van der Waals surface area contributed by atoms with Gasteiger partial charge in [-0.25, -0.2) is 4.79 Å². The number of carbonyl (C=O) groups excluding carboxylic acids is 6. The fourth-order valence-corrected chi connectivity index (χ4v) is 2.79. The third kappa shape index (κ3) is 12.3. The van der Waals surface area contributed by atoms with Crippen LogP contribution in [0.1, 0.15) is 46.0 Å². The average molecular weight is 488 g/mol. The summed E-state index contributed by atoms with van der Waals surface area (Å²) in [6.07, 6.45) is -1.66. The van der Waals surface area contributed by atoms with Crippen LogP contribution in [0.15, 0.2) is 0 Å². The van der Waals surface area contributed by atoms with Gasteiger partial charge < -0.3 is 44.0 Å². The minimum Gasteiger partial charge on any atom is -0.480 e. The molecule has 6 amide bonds. The van der Waals surface area contributed by atoms with Gasteiger partial charge in [0, 0.05) is 6.42 Å². The van der Waals surface area contributed by atoms with Crippen molar-refractivity contribution >= 4 is 41.4 Å². The Morgan fingerprint density at radius 3 is 1.62 bits per heavy atom. The first kappa shape index (κ1) is 30.2. The van der Waals surface area contributed by atoms with Crippen molar-refractivity contribution in [2.45, 2.75) is 70.1 Å². The number of hydrogen-bond donors (Lipinski definition) is 8. The van der Waals surface area contributed by atoms with Crippen molar-refractivity contribution in [3.8, 4) is 0 Å². The maximum absolute atomic E-state index is 12.8. The second kappa shape index (κ2) is 14.4. The number of nitrogens with one attached hydrogen (secondary N) is 3. The number of primary amides is 3. The van der Waals surface area contributed by atoms with Crippen LogP contribution in [0.2, 0.25) is 0 Å². The van der Waals surface area contributed by atoms with Crippen molar-refractivity contribution in [3.63, 3.8) is 0 Å². The van der Waals surface area contributed by atoms with Crippen LogP contribution in [0.3, 0.4) is 0 Å². The summed E-state index contributed by atoms with van der Waals surface area (Å²) in [6.45, 7) is 3.47. The van der Waals surface area contributed by atoms with E-state index < -0.39 is 78.4 Å². The van der Waals surface area contributed by atoms with Gasteiger partial charge in [-0.1, -0.05) is 13.8 Å². The van der Waals surface area contributed by atoms with Crippen molar-refractivity contribution in [2.75, 3.05) is 0 Å². The highest BCUT2D eigenvalue weighted by Gasteiger charge is 2.31. The molecule has 0 heterocycles. The molecule has 0 radical (unpaired) electrons. The largest absolute Gasteiger partial charge is 0.480 e. The van der Waals surface area contributed by atoms with Gasteiger partial charge in [-0.15, -0.1) is 0 Å². The van der Waals surface area contributed by atoms with Crippen LogP contribution in [0.4, 0.5) is 0 Å². The van der Waals surface area contributed by atoms with E-state index >= 15 is 0 Å². The van der Waals surface area contributed by atoms with E-state index in [1.165, 1.54) is 0 Å². The number of hydrogen-bond acceptors (Lipinski definition) is 8. The number of carboxylic acids is 1. The third-order valence-electron chi connectivity index (χ3n) is 4.43. The maximum Gasteiger partial charge on any atom is 0.326 e. The third-order valence-corrected chi connectivity index (χ3v) is 4.43. The SMILES string of the molecule is CC(C)C[C@H](NC(=O)[C@H](CC(N)=O)NC(=O)[C@@H](N)CC(N)=O)C(=O)N[C@@H](CCC(N)=O)C(=O)O. The van der Waals surface area contributed by atoms with Gasteiger partial charge in [0.1, 0.15) is 18.1 Å². The first-order valence-electron chi connectivity index (χ1n) is 10.4. The lowest BCUT2D eigenvalue weighted by Gasteiger charge is -2.25. The van der Waals surface area contributed by atoms with E-state index in [-0.39, 0.29) is 25.2 Å². The molecule has 34 heavy (non-hydrogen) atoms. The molecule has 15 nitrogen and oxygen atoms in total. The predicted molar refractivity (Wildman–Crippen MR) is 117 cm³/mol. The second-order valence-corrected chi connectivity index (χ2v) is 8.10. The van der Waals surface area contributed by atoms with Gasteiger partial charge in [0.05, 0.1) is 18.9 Å². The van der Waals surface area contributed by atoms with Crippen molar-refractivity contribution < 1.29 is 38.7 Å². The molecule has 0 saturated heterocycles. The molecular weight excluding hydrogens is 454 g/mol. The monoisotopic (exact) mass is 487 g/mol. The van der Waals surface area contributed by atoms with Gasteiger partial charge in [0.15, 0.2) is 0 Å². The molecule has 0 fully saturated rings. The Hall–Kier alpha value is -3.75. The summed E-state index contributed by atoms with van der Waals surface area (Å²) in [5.41, 5.74) is 20.7. The normalized spacial score (nSPS) is 14.2. The summed E-state index contributed by atoms with van der Waals surface area (Å²) in [7, 11) is 0. The van der Waals surface area contributed by atoms with E-state index in [2.05, 4.69) is 16.0 Å². The van der Waals surface area contributed by atoms with Crippen molar-refractivity contribution in [1.29, 1.82) is 0 Å².